The lowest BCUT2D eigenvalue weighted by Gasteiger charge is -2.19. The standard InChI is InChI=1S/2C50H32.C46H30/c1-3-14-35-30-38(26-24-33(35)12-1)42-29-28-41(43-18-5-6-19-44(42)43)37-16-11-17-39(32-37)49-45-20-7-9-22-47(45)50(48-23-10-8-21-46(48)49)40-27-25-34-13-2-4-15-36(34)31-40;1-2-15-35-31-38(28-27-33(35)13-1)50-47-24-9-7-22-45(47)49(46-23-8-10-25-48(46)50)37-18-11-17-36(32-37)40-29-30-44(43-21-6-5-20-41(40)43)42-26-12-16-34-14-3-4-19-39(34)42;1-2-14-32(15-3-1)37-27-28-38(40-20-7-6-19-39(37)40)34-17-12-18-35(30-34)45-41-21-8-10-23-43(41)46(44-24-11-9-22-42(44)45)36-26-25-31-13-4-5-16-33(31)29-36/h2*1-32H;1-30H. The van der Waals surface area contributed by atoms with Gasteiger partial charge in [0.25, 0.3) is 0 Å². The van der Waals surface area contributed by atoms with Crippen LogP contribution < -0.4 is 0 Å². The third-order valence-electron chi connectivity index (χ3n) is 30.3. The van der Waals surface area contributed by atoms with E-state index in [4.69, 9.17) is 0 Å². The topological polar surface area (TPSA) is 0 Å². The highest BCUT2D eigenvalue weighted by Gasteiger charge is 2.25. The Morgan fingerprint density at radius 3 is 0.521 bits per heavy atom. The van der Waals surface area contributed by atoms with Crippen LogP contribution >= 0.6 is 0 Å². The van der Waals surface area contributed by atoms with Crippen molar-refractivity contribution >= 4 is 151 Å². The summed E-state index contributed by atoms with van der Waals surface area (Å²) in [4.78, 5) is 0. The van der Waals surface area contributed by atoms with Gasteiger partial charge in [0, 0.05) is 0 Å². The van der Waals surface area contributed by atoms with Crippen LogP contribution in [0, 0.1) is 0 Å². The zero-order valence-electron chi connectivity index (χ0n) is 80.3. The van der Waals surface area contributed by atoms with Crippen LogP contribution in [-0.2, 0) is 0 Å². The molecule has 0 heteroatoms. The second-order valence-corrected chi connectivity index (χ2v) is 38.5. The highest BCUT2D eigenvalue weighted by Crippen LogP contribution is 2.52. The van der Waals surface area contributed by atoms with Crippen LogP contribution in [0.3, 0.4) is 0 Å². The molecule has 0 aliphatic heterocycles. The Hall–Kier alpha value is -19.0. The average molecular weight is 1850 g/mol. The number of hydrogen-bond donors (Lipinski definition) is 0. The van der Waals surface area contributed by atoms with Crippen molar-refractivity contribution in [3.05, 3.63) is 570 Å². The molecule has 0 spiro atoms. The van der Waals surface area contributed by atoms with Gasteiger partial charge < -0.3 is 0 Å². The molecule has 29 aromatic carbocycles. The van der Waals surface area contributed by atoms with E-state index in [9.17, 15) is 0 Å². The fraction of sp³-hybridized carbons (Fsp3) is 0. The van der Waals surface area contributed by atoms with Crippen LogP contribution in [0.25, 0.3) is 284 Å². The van der Waals surface area contributed by atoms with Gasteiger partial charge in [0.1, 0.15) is 0 Å². The van der Waals surface area contributed by atoms with Crippen molar-refractivity contribution in [3.63, 3.8) is 0 Å². The van der Waals surface area contributed by atoms with E-state index in [1.807, 2.05) is 0 Å². The summed E-state index contributed by atoms with van der Waals surface area (Å²) >= 11 is 0. The van der Waals surface area contributed by atoms with Gasteiger partial charge in [-0.25, -0.2) is 0 Å². The van der Waals surface area contributed by atoms with Gasteiger partial charge in [0.15, 0.2) is 0 Å². The van der Waals surface area contributed by atoms with Crippen molar-refractivity contribution in [2.24, 2.45) is 0 Å². The summed E-state index contributed by atoms with van der Waals surface area (Å²) in [5.41, 5.74) is 30.0. The van der Waals surface area contributed by atoms with Gasteiger partial charge in [-0.1, -0.05) is 528 Å². The summed E-state index contributed by atoms with van der Waals surface area (Å²) in [6.07, 6.45) is 0. The minimum atomic E-state index is 1.22. The van der Waals surface area contributed by atoms with Crippen LogP contribution in [0.15, 0.2) is 570 Å². The number of benzene rings is 29. The van der Waals surface area contributed by atoms with Gasteiger partial charge in [0.2, 0.25) is 0 Å². The van der Waals surface area contributed by atoms with E-state index in [-0.39, 0.29) is 0 Å². The zero-order valence-corrected chi connectivity index (χ0v) is 80.3. The molecule has 0 bridgehead atoms. The maximum absolute atomic E-state index is 2.39. The highest BCUT2D eigenvalue weighted by molar-refractivity contribution is 6.26. The largest absolute Gasteiger partial charge is 0.0622 e. The second kappa shape index (κ2) is 36.9. The van der Waals surface area contributed by atoms with Gasteiger partial charge >= 0.3 is 0 Å². The van der Waals surface area contributed by atoms with Crippen LogP contribution in [0.2, 0.25) is 0 Å². The van der Waals surface area contributed by atoms with E-state index in [1.54, 1.807) is 0 Å². The molecule has 0 amide bonds. The molecular weight excluding hydrogens is 1750 g/mol. The van der Waals surface area contributed by atoms with E-state index >= 15 is 0 Å². The Balaban J connectivity index is 0.000000109. The molecule has 29 rings (SSSR count). The Labute approximate surface area is 848 Å². The SMILES string of the molecule is c1cc(-c2ccc(-c3ccc4ccccc4c3)c3ccccc23)cc(-c2c3ccccc3c(-c3ccc4ccccc4c3)c3ccccc23)c1.c1cc(-c2ccc(-c3cccc4ccccc34)c3ccccc23)cc(-c2c3ccccc3c(-c3ccc4ccccc4c3)c3ccccc23)c1.c1ccc(-c2ccc(-c3cccc(-c4c5ccccc5c(-c5ccc6ccccc6c5)c5ccccc45)c3)c3ccccc23)cc1. The smallest absolute Gasteiger partial charge is 0.00262 e. The van der Waals surface area contributed by atoms with E-state index in [2.05, 4.69) is 570 Å². The summed E-state index contributed by atoms with van der Waals surface area (Å²) in [6, 6.07) is 209. The normalized spacial score (nSPS) is 11.6. The molecule has 0 fully saturated rings. The maximum Gasteiger partial charge on any atom is -0.00262 e. The first-order chi connectivity index (χ1) is 72.4. The first-order valence-corrected chi connectivity index (χ1v) is 50.6. The molecule has 0 unspecified atom stereocenters. The van der Waals surface area contributed by atoms with Crippen molar-refractivity contribution in [1.29, 1.82) is 0 Å². The lowest BCUT2D eigenvalue weighted by atomic mass is 9.84. The molecular formula is C146H94. The highest BCUT2D eigenvalue weighted by atomic mass is 14.3. The molecule has 0 aliphatic carbocycles. The summed E-state index contributed by atoms with van der Waals surface area (Å²) in [6.45, 7) is 0. The predicted molar refractivity (Wildman–Crippen MR) is 630 cm³/mol. The monoisotopic (exact) mass is 1850 g/mol. The van der Waals surface area contributed by atoms with Gasteiger partial charge in [0.05, 0.1) is 0 Å². The van der Waals surface area contributed by atoms with Crippen LogP contribution in [-0.4, -0.2) is 0 Å². The first-order valence-electron chi connectivity index (χ1n) is 50.6. The fourth-order valence-corrected chi connectivity index (χ4v) is 23.6. The summed E-state index contributed by atoms with van der Waals surface area (Å²) in [7, 11) is 0. The lowest BCUT2D eigenvalue weighted by molar-refractivity contribution is 1.62. The van der Waals surface area contributed by atoms with E-state index in [0.29, 0.717) is 0 Å². The molecule has 0 aromatic heterocycles. The van der Waals surface area contributed by atoms with Crippen LogP contribution in [0.5, 0.6) is 0 Å². The first kappa shape index (κ1) is 86.1. The molecule has 0 aliphatic rings. The molecule has 0 radical (unpaired) electrons. The van der Waals surface area contributed by atoms with Gasteiger partial charge in [-0.3, -0.25) is 0 Å². The Bertz CT molecular complexity index is 10100. The molecule has 146 heavy (non-hydrogen) atoms. The maximum atomic E-state index is 2.39. The molecule has 29 aromatic rings. The van der Waals surface area contributed by atoms with Crippen molar-refractivity contribution in [2.45, 2.75) is 0 Å². The second-order valence-electron chi connectivity index (χ2n) is 38.5. The summed E-state index contributed by atoms with van der Waals surface area (Å²) in [5.74, 6) is 0. The minimum absolute atomic E-state index is 1.22. The van der Waals surface area contributed by atoms with Crippen molar-refractivity contribution in [2.75, 3.05) is 0 Å². The number of hydrogen-bond acceptors (Lipinski definition) is 0. The molecule has 0 heterocycles. The summed E-state index contributed by atoms with van der Waals surface area (Å²) in [5, 5.41) is 35.4. The molecule has 0 N–H and O–H groups in total. The zero-order chi connectivity index (χ0) is 96.5. The van der Waals surface area contributed by atoms with Crippen molar-refractivity contribution < 1.29 is 0 Å². The number of fused-ring (bicyclic) bond motifs is 14. The van der Waals surface area contributed by atoms with Crippen molar-refractivity contribution in [3.8, 4) is 134 Å². The lowest BCUT2D eigenvalue weighted by Crippen LogP contribution is -1.92. The number of rotatable bonds is 12. The molecule has 678 valence electrons. The Kier molecular flexibility index (Phi) is 21.8. The van der Waals surface area contributed by atoms with Crippen LogP contribution in [0.4, 0.5) is 0 Å². The Morgan fingerprint density at radius 1 is 0.0685 bits per heavy atom. The third-order valence-corrected chi connectivity index (χ3v) is 30.3. The van der Waals surface area contributed by atoms with Crippen molar-refractivity contribution in [1.82, 2.24) is 0 Å². The van der Waals surface area contributed by atoms with Crippen LogP contribution in [0.1, 0.15) is 0 Å². The predicted octanol–water partition coefficient (Wildman–Crippen LogP) is 41.2. The average Bonchev–Trinajstić information content (AvgIpc) is 0.733. The van der Waals surface area contributed by atoms with E-state index in [1.165, 1.54) is 284 Å². The third kappa shape index (κ3) is 15.3. The van der Waals surface area contributed by atoms with Gasteiger partial charge in [-0.2, -0.15) is 0 Å². The van der Waals surface area contributed by atoms with E-state index in [0.717, 1.165) is 0 Å². The van der Waals surface area contributed by atoms with E-state index < -0.39 is 0 Å². The fourth-order valence-electron chi connectivity index (χ4n) is 23.6. The Morgan fingerprint density at radius 2 is 0.233 bits per heavy atom. The van der Waals surface area contributed by atoms with Gasteiger partial charge in [-0.15, -0.1) is 0 Å². The molecule has 0 atom stereocenters. The minimum Gasteiger partial charge on any atom is -0.0622 e. The molecule has 0 saturated heterocycles. The summed E-state index contributed by atoms with van der Waals surface area (Å²) < 4.78 is 0. The quantitative estimate of drug-likeness (QED) is 0.107. The molecule has 0 saturated carbocycles. The van der Waals surface area contributed by atoms with Gasteiger partial charge in [-0.05, 0) is 327 Å². The molecule has 0 nitrogen and oxygen atoms in total.